The molecule has 1 fully saturated rings. The van der Waals surface area contributed by atoms with E-state index >= 15 is 0 Å². The van der Waals surface area contributed by atoms with Crippen molar-refractivity contribution in [2.24, 2.45) is 5.92 Å². The maximum Gasteiger partial charge on any atom is 0.196 e. The molecule has 0 saturated heterocycles. The van der Waals surface area contributed by atoms with Crippen LogP contribution in [0.1, 0.15) is 62.5 Å². The van der Waals surface area contributed by atoms with Gasteiger partial charge in [-0.05, 0) is 67.6 Å². The molecular formula is C19H24FN. The number of hydrogen-bond acceptors (Lipinski definition) is 1. The van der Waals surface area contributed by atoms with Gasteiger partial charge in [0.2, 0.25) is 0 Å². The molecular weight excluding hydrogens is 261 g/mol. The third-order valence-electron chi connectivity index (χ3n) is 4.53. The number of rotatable bonds is 5. The summed E-state index contributed by atoms with van der Waals surface area (Å²) in [6.45, 7) is 2.22. The van der Waals surface area contributed by atoms with Gasteiger partial charge < -0.3 is 0 Å². The average molecular weight is 285 g/mol. The van der Waals surface area contributed by atoms with E-state index in [4.69, 9.17) is 5.26 Å². The maximum absolute atomic E-state index is 13.0. The molecule has 0 aromatic heterocycles. The number of halogens is 1. The number of hydrogen-bond donors (Lipinski definition) is 0. The van der Waals surface area contributed by atoms with Gasteiger partial charge in [0.25, 0.3) is 0 Å². The van der Waals surface area contributed by atoms with E-state index in [1.54, 1.807) is 6.07 Å². The van der Waals surface area contributed by atoms with E-state index in [-0.39, 0.29) is 5.92 Å². The van der Waals surface area contributed by atoms with Crippen molar-refractivity contribution < 1.29 is 4.39 Å². The Morgan fingerprint density at radius 1 is 1.24 bits per heavy atom. The van der Waals surface area contributed by atoms with Crippen LogP contribution in [0.25, 0.3) is 0 Å². The summed E-state index contributed by atoms with van der Waals surface area (Å²) >= 11 is 0. The molecule has 1 aromatic carbocycles. The van der Waals surface area contributed by atoms with Crippen molar-refractivity contribution in [3.05, 3.63) is 47.3 Å². The molecule has 1 saturated carbocycles. The van der Waals surface area contributed by atoms with Gasteiger partial charge in [-0.15, -0.1) is 0 Å². The lowest BCUT2D eigenvalue weighted by Gasteiger charge is -2.27. The highest BCUT2D eigenvalue weighted by atomic mass is 19.1. The predicted molar refractivity (Wildman–Crippen MR) is 84.6 cm³/mol. The predicted octanol–water partition coefficient (Wildman–Crippen LogP) is 5.68. The molecule has 2 heteroatoms. The standard InChI is InChI=1S/C19H24FN/c1-2-3-4-15-5-9-17(10-6-15)18-11-7-16(8-12-18)13-19(20)14-21/h5-6,9-10,13,16,18H,2-4,7-8,11-12H2,1H3/b19-13+/t16-,18-. The van der Waals surface area contributed by atoms with E-state index < -0.39 is 5.83 Å². The van der Waals surface area contributed by atoms with Crippen LogP contribution < -0.4 is 0 Å². The summed E-state index contributed by atoms with van der Waals surface area (Å²) in [6.07, 6.45) is 9.31. The van der Waals surface area contributed by atoms with E-state index in [9.17, 15) is 4.39 Å². The number of unbranched alkanes of at least 4 members (excludes halogenated alkanes) is 1. The van der Waals surface area contributed by atoms with Crippen LogP contribution in [0.2, 0.25) is 0 Å². The zero-order valence-electron chi connectivity index (χ0n) is 12.8. The second-order valence-electron chi connectivity index (χ2n) is 6.08. The van der Waals surface area contributed by atoms with Gasteiger partial charge in [0.15, 0.2) is 5.83 Å². The molecule has 1 nitrogen and oxygen atoms in total. The molecule has 1 aromatic rings. The van der Waals surface area contributed by atoms with Gasteiger partial charge in [-0.1, -0.05) is 37.6 Å². The summed E-state index contributed by atoms with van der Waals surface area (Å²) in [4.78, 5) is 0. The quantitative estimate of drug-likeness (QED) is 0.638. The van der Waals surface area contributed by atoms with Gasteiger partial charge in [0.1, 0.15) is 6.07 Å². The lowest BCUT2D eigenvalue weighted by atomic mass is 9.78. The van der Waals surface area contributed by atoms with Gasteiger partial charge >= 0.3 is 0 Å². The third kappa shape index (κ3) is 4.70. The number of nitriles is 1. The van der Waals surface area contributed by atoms with E-state index in [0.717, 1.165) is 25.7 Å². The van der Waals surface area contributed by atoms with Crippen molar-refractivity contribution in [1.82, 2.24) is 0 Å². The normalized spacial score (nSPS) is 22.8. The van der Waals surface area contributed by atoms with E-state index in [1.807, 2.05) is 0 Å². The highest BCUT2D eigenvalue weighted by Crippen LogP contribution is 2.36. The molecule has 0 unspecified atom stereocenters. The summed E-state index contributed by atoms with van der Waals surface area (Å²) in [7, 11) is 0. The number of nitrogens with zero attached hydrogens (tertiary/aromatic N) is 1. The van der Waals surface area contributed by atoms with Crippen LogP contribution in [-0.2, 0) is 6.42 Å². The third-order valence-corrected chi connectivity index (χ3v) is 4.53. The van der Waals surface area contributed by atoms with Crippen molar-refractivity contribution in [3.8, 4) is 6.07 Å². The molecule has 0 heterocycles. The van der Waals surface area contributed by atoms with Crippen LogP contribution >= 0.6 is 0 Å². The highest BCUT2D eigenvalue weighted by molar-refractivity contribution is 5.26. The first-order chi connectivity index (χ1) is 10.2. The summed E-state index contributed by atoms with van der Waals surface area (Å²) in [5, 5.41) is 8.49. The van der Waals surface area contributed by atoms with Crippen LogP contribution in [-0.4, -0.2) is 0 Å². The highest BCUT2D eigenvalue weighted by Gasteiger charge is 2.21. The van der Waals surface area contributed by atoms with Gasteiger partial charge in [-0.2, -0.15) is 9.65 Å². The molecule has 0 atom stereocenters. The second kappa shape index (κ2) is 7.98. The monoisotopic (exact) mass is 285 g/mol. The zero-order valence-corrected chi connectivity index (χ0v) is 12.8. The minimum atomic E-state index is -0.626. The van der Waals surface area contributed by atoms with Crippen LogP contribution in [0, 0.1) is 17.2 Å². The van der Waals surface area contributed by atoms with Crippen LogP contribution in [0.5, 0.6) is 0 Å². The molecule has 1 aliphatic rings. The van der Waals surface area contributed by atoms with Crippen molar-refractivity contribution in [2.75, 3.05) is 0 Å². The van der Waals surface area contributed by atoms with E-state index in [1.165, 1.54) is 36.5 Å². The number of benzene rings is 1. The van der Waals surface area contributed by atoms with E-state index in [0.29, 0.717) is 5.92 Å². The summed E-state index contributed by atoms with van der Waals surface area (Å²) < 4.78 is 13.0. The second-order valence-corrected chi connectivity index (χ2v) is 6.08. The SMILES string of the molecule is CCCCc1ccc([C@H]2CC[C@H](/C=C(/F)C#N)CC2)cc1. The lowest BCUT2D eigenvalue weighted by Crippen LogP contribution is -2.12. The summed E-state index contributed by atoms with van der Waals surface area (Å²) in [6, 6.07) is 10.6. The van der Waals surface area contributed by atoms with Gasteiger partial charge in [-0.3, -0.25) is 0 Å². The Morgan fingerprint density at radius 2 is 1.90 bits per heavy atom. The van der Waals surface area contributed by atoms with Crippen molar-refractivity contribution in [1.29, 1.82) is 5.26 Å². The Hall–Kier alpha value is -1.62. The Labute approximate surface area is 127 Å². The summed E-state index contributed by atoms with van der Waals surface area (Å²) in [5.74, 6) is 0.212. The Kier molecular flexibility index (Phi) is 5.99. The average Bonchev–Trinajstić information content (AvgIpc) is 2.54. The first-order valence-corrected chi connectivity index (χ1v) is 8.09. The molecule has 0 bridgehead atoms. The molecule has 21 heavy (non-hydrogen) atoms. The fraction of sp³-hybridized carbons (Fsp3) is 0.526. The first-order valence-electron chi connectivity index (χ1n) is 8.09. The van der Waals surface area contributed by atoms with Crippen molar-refractivity contribution >= 4 is 0 Å². The molecule has 0 amide bonds. The maximum atomic E-state index is 13.0. The molecule has 112 valence electrons. The Bertz CT molecular complexity index is 501. The Balaban J connectivity index is 1.89. The largest absolute Gasteiger partial charge is 0.196 e. The molecule has 0 spiro atoms. The summed E-state index contributed by atoms with van der Waals surface area (Å²) in [5.41, 5.74) is 2.84. The lowest BCUT2D eigenvalue weighted by molar-refractivity contribution is 0.372. The van der Waals surface area contributed by atoms with Crippen LogP contribution in [0.15, 0.2) is 36.2 Å². The first kappa shape index (κ1) is 15.8. The fourth-order valence-electron chi connectivity index (χ4n) is 3.20. The molecule has 0 radical (unpaired) electrons. The number of allylic oxidation sites excluding steroid dienone is 2. The van der Waals surface area contributed by atoms with Gasteiger partial charge in [-0.25, -0.2) is 0 Å². The van der Waals surface area contributed by atoms with Gasteiger partial charge in [0, 0.05) is 0 Å². The molecule has 1 aliphatic carbocycles. The van der Waals surface area contributed by atoms with Gasteiger partial charge in [0.05, 0.1) is 0 Å². The molecule has 0 aliphatic heterocycles. The topological polar surface area (TPSA) is 23.8 Å². The fourth-order valence-corrected chi connectivity index (χ4v) is 3.20. The van der Waals surface area contributed by atoms with Crippen LogP contribution in [0.4, 0.5) is 4.39 Å². The molecule has 0 N–H and O–H groups in total. The molecule has 2 rings (SSSR count). The minimum absolute atomic E-state index is 0.240. The smallest absolute Gasteiger partial charge is 0.195 e. The van der Waals surface area contributed by atoms with Crippen molar-refractivity contribution in [3.63, 3.8) is 0 Å². The van der Waals surface area contributed by atoms with Crippen molar-refractivity contribution in [2.45, 2.75) is 57.8 Å². The Morgan fingerprint density at radius 3 is 2.48 bits per heavy atom. The zero-order chi connectivity index (χ0) is 15.1. The minimum Gasteiger partial charge on any atom is -0.195 e. The van der Waals surface area contributed by atoms with E-state index in [2.05, 4.69) is 31.2 Å². The number of aryl methyl sites for hydroxylation is 1. The van der Waals surface area contributed by atoms with Crippen LogP contribution in [0.3, 0.4) is 0 Å².